The summed E-state index contributed by atoms with van der Waals surface area (Å²) in [7, 11) is -3.46. The van der Waals surface area contributed by atoms with E-state index in [4.69, 9.17) is 10.5 Å². The molecule has 0 aliphatic heterocycles. The highest BCUT2D eigenvalue weighted by atomic mass is 32.2. The van der Waals surface area contributed by atoms with Crippen LogP contribution >= 0.6 is 11.3 Å². The van der Waals surface area contributed by atoms with Gasteiger partial charge in [0, 0.05) is 22.9 Å². The summed E-state index contributed by atoms with van der Waals surface area (Å²) in [5, 5.41) is 1.45. The second-order valence-electron chi connectivity index (χ2n) is 7.16. The van der Waals surface area contributed by atoms with E-state index < -0.39 is 21.7 Å². The average Bonchev–Trinajstić information content (AvgIpc) is 3.52. The fourth-order valence-corrected chi connectivity index (χ4v) is 5.43. The molecule has 0 unspecified atom stereocenters. The Morgan fingerprint density at radius 2 is 2.09 bits per heavy atom. The fraction of sp³-hybridized carbons (Fsp3) is 0.300. The van der Waals surface area contributed by atoms with Crippen LogP contribution < -0.4 is 15.2 Å². The number of anilines is 1. The van der Waals surface area contributed by atoms with Gasteiger partial charge in [-0.05, 0) is 25.8 Å². The van der Waals surface area contributed by atoms with Crippen LogP contribution in [0.3, 0.4) is 0 Å². The van der Waals surface area contributed by atoms with Gasteiger partial charge in [0.25, 0.3) is 5.91 Å². The SMILES string of the molecule is CCOc1cncc(-c2ccc(C(N)=O)c(F)c2Cc2csc(NS(=O)(=O)C3CC3)n2)n1. The van der Waals surface area contributed by atoms with Crippen molar-refractivity contribution in [3.05, 3.63) is 52.5 Å². The molecule has 1 saturated carbocycles. The van der Waals surface area contributed by atoms with Crippen molar-refractivity contribution in [2.75, 3.05) is 11.3 Å². The average molecular weight is 478 g/mol. The number of nitrogens with two attached hydrogens (primary N) is 1. The number of rotatable bonds is 9. The summed E-state index contributed by atoms with van der Waals surface area (Å²) >= 11 is 1.10. The first-order valence-corrected chi connectivity index (χ1v) is 12.2. The number of ether oxygens (including phenoxy) is 1. The standard InChI is InChI=1S/C20H20FN5O4S2/c1-2-30-17-9-23-8-16(25-17)13-5-6-14(19(22)27)18(21)15(13)7-11-10-31-20(24-11)26-32(28,29)12-3-4-12/h5-6,8-10,12H,2-4,7H2,1H3,(H2,22,27)(H,24,26). The number of benzene rings is 1. The third kappa shape index (κ3) is 4.70. The number of hydrogen-bond acceptors (Lipinski definition) is 8. The van der Waals surface area contributed by atoms with Crippen LogP contribution in [0.4, 0.5) is 9.52 Å². The number of sulfonamides is 1. The van der Waals surface area contributed by atoms with Crippen molar-refractivity contribution in [2.45, 2.75) is 31.4 Å². The molecule has 3 N–H and O–H groups in total. The molecular weight excluding hydrogens is 457 g/mol. The van der Waals surface area contributed by atoms with Crippen molar-refractivity contribution >= 4 is 32.4 Å². The van der Waals surface area contributed by atoms with Gasteiger partial charge >= 0.3 is 0 Å². The maximum absolute atomic E-state index is 15.3. The lowest BCUT2D eigenvalue weighted by molar-refractivity contribution is 0.0996. The monoisotopic (exact) mass is 477 g/mol. The summed E-state index contributed by atoms with van der Waals surface area (Å²) in [6.07, 6.45) is 4.15. The minimum Gasteiger partial charge on any atom is -0.477 e. The second-order valence-corrected chi connectivity index (χ2v) is 9.98. The molecule has 4 rings (SSSR count). The molecule has 3 aromatic rings. The van der Waals surface area contributed by atoms with Gasteiger partial charge in [-0.2, -0.15) is 0 Å². The van der Waals surface area contributed by atoms with Crippen molar-refractivity contribution < 1.29 is 22.3 Å². The van der Waals surface area contributed by atoms with Crippen LogP contribution in [-0.4, -0.2) is 41.1 Å². The third-order valence-electron chi connectivity index (χ3n) is 4.79. The number of carbonyl (C=O) groups is 1. The van der Waals surface area contributed by atoms with Crippen LogP contribution in [0.5, 0.6) is 5.88 Å². The first kappa shape index (κ1) is 22.1. The molecule has 0 spiro atoms. The molecule has 32 heavy (non-hydrogen) atoms. The molecule has 9 nitrogen and oxygen atoms in total. The largest absolute Gasteiger partial charge is 0.477 e. The maximum Gasteiger partial charge on any atom is 0.251 e. The van der Waals surface area contributed by atoms with Crippen LogP contribution in [0, 0.1) is 5.82 Å². The van der Waals surface area contributed by atoms with Crippen LogP contribution in [0.25, 0.3) is 11.3 Å². The number of nitrogens with zero attached hydrogens (tertiary/aromatic N) is 3. The first-order chi connectivity index (χ1) is 15.3. The molecule has 12 heteroatoms. The van der Waals surface area contributed by atoms with E-state index in [-0.39, 0.29) is 33.8 Å². The quantitative estimate of drug-likeness (QED) is 0.483. The summed E-state index contributed by atoms with van der Waals surface area (Å²) in [5.74, 6) is -1.41. The highest BCUT2D eigenvalue weighted by Gasteiger charge is 2.36. The molecule has 2 aromatic heterocycles. The smallest absolute Gasteiger partial charge is 0.251 e. The molecule has 1 aromatic carbocycles. The van der Waals surface area contributed by atoms with Gasteiger partial charge in [0.15, 0.2) is 5.13 Å². The van der Waals surface area contributed by atoms with E-state index >= 15 is 4.39 Å². The van der Waals surface area contributed by atoms with Gasteiger partial charge in [0.2, 0.25) is 15.9 Å². The first-order valence-electron chi connectivity index (χ1n) is 9.81. The number of aromatic nitrogens is 3. The summed E-state index contributed by atoms with van der Waals surface area (Å²) < 4.78 is 47.4. The number of nitrogens with one attached hydrogen (secondary N) is 1. The number of thiazole rings is 1. The molecule has 1 fully saturated rings. The Balaban J connectivity index is 1.70. The van der Waals surface area contributed by atoms with E-state index in [9.17, 15) is 13.2 Å². The number of primary amides is 1. The number of carbonyl (C=O) groups excluding carboxylic acids is 1. The minimum absolute atomic E-state index is 0.00944. The lowest BCUT2D eigenvalue weighted by Gasteiger charge is -2.12. The van der Waals surface area contributed by atoms with Crippen LogP contribution in [0.2, 0.25) is 0 Å². The Kier molecular flexibility index (Phi) is 6.07. The van der Waals surface area contributed by atoms with Crippen molar-refractivity contribution in [1.82, 2.24) is 15.0 Å². The van der Waals surface area contributed by atoms with E-state index in [0.717, 1.165) is 11.3 Å². The topological polar surface area (TPSA) is 137 Å². The Morgan fingerprint density at radius 1 is 1.31 bits per heavy atom. The Hall–Kier alpha value is -3.12. The van der Waals surface area contributed by atoms with E-state index in [1.807, 2.05) is 0 Å². The zero-order valence-corrected chi connectivity index (χ0v) is 18.7. The molecule has 168 valence electrons. The van der Waals surface area contributed by atoms with Crippen molar-refractivity contribution in [1.29, 1.82) is 0 Å². The zero-order chi connectivity index (χ0) is 22.9. The van der Waals surface area contributed by atoms with Gasteiger partial charge in [-0.25, -0.2) is 22.8 Å². The van der Waals surface area contributed by atoms with E-state index in [1.54, 1.807) is 18.4 Å². The molecular formula is C20H20FN5O4S2. The third-order valence-corrected chi connectivity index (χ3v) is 7.55. The number of halogens is 1. The molecule has 1 amide bonds. The van der Waals surface area contributed by atoms with Crippen LogP contribution in [0.15, 0.2) is 29.9 Å². The lowest BCUT2D eigenvalue weighted by atomic mass is 9.97. The van der Waals surface area contributed by atoms with E-state index in [2.05, 4.69) is 19.7 Å². The molecule has 1 aliphatic rings. The lowest BCUT2D eigenvalue weighted by Crippen LogP contribution is -2.17. The Bertz CT molecular complexity index is 1270. The molecule has 2 heterocycles. The molecule has 0 saturated heterocycles. The van der Waals surface area contributed by atoms with Gasteiger partial charge in [-0.3, -0.25) is 14.5 Å². The highest BCUT2D eigenvalue weighted by molar-refractivity contribution is 7.93. The van der Waals surface area contributed by atoms with Crippen LogP contribution in [0.1, 0.15) is 41.4 Å². The predicted octanol–water partition coefficient (Wildman–Crippen LogP) is 2.73. The highest BCUT2D eigenvalue weighted by Crippen LogP contribution is 2.32. The zero-order valence-electron chi connectivity index (χ0n) is 17.0. The Labute approximate surface area is 187 Å². The number of hydrogen-bond donors (Lipinski definition) is 2. The fourth-order valence-electron chi connectivity index (χ4n) is 3.12. The Morgan fingerprint density at radius 3 is 2.78 bits per heavy atom. The van der Waals surface area contributed by atoms with Crippen LogP contribution in [-0.2, 0) is 16.4 Å². The minimum atomic E-state index is -3.46. The molecule has 0 radical (unpaired) electrons. The summed E-state index contributed by atoms with van der Waals surface area (Å²) in [6.45, 7) is 2.19. The van der Waals surface area contributed by atoms with Gasteiger partial charge in [-0.1, -0.05) is 6.07 Å². The van der Waals surface area contributed by atoms with Crippen molar-refractivity contribution in [2.24, 2.45) is 5.73 Å². The van der Waals surface area contributed by atoms with E-state index in [1.165, 1.54) is 18.5 Å². The van der Waals surface area contributed by atoms with Gasteiger partial charge in [-0.15, -0.1) is 11.3 Å². The van der Waals surface area contributed by atoms with Gasteiger partial charge in [0.1, 0.15) is 5.82 Å². The van der Waals surface area contributed by atoms with Crippen molar-refractivity contribution in [3.63, 3.8) is 0 Å². The summed E-state index contributed by atoms with van der Waals surface area (Å²) in [6, 6.07) is 2.84. The van der Waals surface area contributed by atoms with Gasteiger partial charge < -0.3 is 10.5 Å². The molecule has 0 bridgehead atoms. The molecule has 0 atom stereocenters. The predicted molar refractivity (Wildman–Crippen MR) is 118 cm³/mol. The maximum atomic E-state index is 15.3. The van der Waals surface area contributed by atoms with Gasteiger partial charge in [0.05, 0.1) is 41.2 Å². The number of amides is 1. The second kappa shape index (κ2) is 8.79. The van der Waals surface area contributed by atoms with E-state index in [0.29, 0.717) is 36.4 Å². The normalized spacial score (nSPS) is 13.7. The van der Waals surface area contributed by atoms with Crippen molar-refractivity contribution in [3.8, 4) is 17.1 Å². The summed E-state index contributed by atoms with van der Waals surface area (Å²) in [4.78, 5) is 24.4. The molecule has 1 aliphatic carbocycles. The summed E-state index contributed by atoms with van der Waals surface area (Å²) in [5.41, 5.74) is 6.38.